The van der Waals surface area contributed by atoms with Gasteiger partial charge in [-0.05, 0) is 43.0 Å². The van der Waals surface area contributed by atoms with Gasteiger partial charge < -0.3 is 29.4 Å². The third-order valence-electron chi connectivity index (χ3n) is 5.89. The van der Waals surface area contributed by atoms with Crippen molar-refractivity contribution in [3.05, 3.63) is 53.6 Å². The number of nitrogens with one attached hydrogen (secondary N) is 1. The second kappa shape index (κ2) is 8.93. The third kappa shape index (κ3) is 3.95. The summed E-state index contributed by atoms with van der Waals surface area (Å²) in [6.07, 6.45) is 0.856. The fraction of sp³-hybridized carbons (Fsp3) is 0.435. The van der Waals surface area contributed by atoms with Crippen LogP contribution in [0.15, 0.2) is 42.5 Å². The van der Waals surface area contributed by atoms with Gasteiger partial charge in [0.05, 0.1) is 18.6 Å². The summed E-state index contributed by atoms with van der Waals surface area (Å²) in [5.41, 5.74) is 0.915. The van der Waals surface area contributed by atoms with Gasteiger partial charge in [-0.3, -0.25) is 4.79 Å². The Morgan fingerprint density at radius 2 is 1.93 bits per heavy atom. The molecule has 160 valence electrons. The lowest BCUT2D eigenvalue weighted by Crippen LogP contribution is -2.48. The van der Waals surface area contributed by atoms with Gasteiger partial charge in [0.25, 0.3) is 0 Å². The zero-order valence-electron chi connectivity index (χ0n) is 17.1. The zero-order valence-corrected chi connectivity index (χ0v) is 17.1. The van der Waals surface area contributed by atoms with E-state index in [0.717, 1.165) is 11.1 Å². The number of amides is 1. The van der Waals surface area contributed by atoms with Gasteiger partial charge in [0.1, 0.15) is 5.75 Å². The Labute approximate surface area is 175 Å². The van der Waals surface area contributed by atoms with Crippen molar-refractivity contribution in [3.8, 4) is 17.2 Å². The minimum atomic E-state index is -0.711. The summed E-state index contributed by atoms with van der Waals surface area (Å²) in [7, 11) is 1.62. The highest BCUT2D eigenvalue weighted by Gasteiger charge is 2.43. The van der Waals surface area contributed by atoms with Crippen molar-refractivity contribution in [1.82, 2.24) is 5.32 Å². The molecule has 0 saturated carbocycles. The molecule has 2 heterocycles. The summed E-state index contributed by atoms with van der Waals surface area (Å²) in [6.45, 7) is 1.59. The van der Waals surface area contributed by atoms with Crippen LogP contribution in [0.25, 0.3) is 0 Å². The Morgan fingerprint density at radius 1 is 1.17 bits per heavy atom. The van der Waals surface area contributed by atoms with Gasteiger partial charge in [0.15, 0.2) is 11.5 Å². The molecular formula is C23H27NO6. The van der Waals surface area contributed by atoms with E-state index < -0.39 is 11.5 Å². The van der Waals surface area contributed by atoms with Crippen molar-refractivity contribution in [1.29, 1.82) is 0 Å². The minimum Gasteiger partial charge on any atom is -0.496 e. The molecule has 0 unspecified atom stereocenters. The number of methoxy groups -OCH3 is 1. The molecule has 1 atom stereocenters. The molecule has 2 aliphatic rings. The maximum atomic E-state index is 13.3. The summed E-state index contributed by atoms with van der Waals surface area (Å²) < 4.78 is 21.7. The Kier molecular flexibility index (Phi) is 6.11. The highest BCUT2D eigenvalue weighted by Crippen LogP contribution is 2.40. The summed E-state index contributed by atoms with van der Waals surface area (Å²) >= 11 is 0. The van der Waals surface area contributed by atoms with Gasteiger partial charge in [-0.1, -0.05) is 24.3 Å². The van der Waals surface area contributed by atoms with Crippen LogP contribution >= 0.6 is 0 Å². The first-order valence-corrected chi connectivity index (χ1v) is 10.2. The second-order valence-electron chi connectivity index (χ2n) is 7.57. The lowest BCUT2D eigenvalue weighted by Gasteiger charge is -2.37. The molecule has 2 N–H and O–H groups in total. The number of hydrogen-bond acceptors (Lipinski definition) is 6. The van der Waals surface area contributed by atoms with E-state index >= 15 is 0 Å². The zero-order chi connectivity index (χ0) is 21.0. The van der Waals surface area contributed by atoms with E-state index in [1.807, 2.05) is 30.3 Å². The van der Waals surface area contributed by atoms with Crippen LogP contribution in [-0.4, -0.2) is 44.7 Å². The van der Waals surface area contributed by atoms with Crippen LogP contribution in [0.2, 0.25) is 0 Å². The predicted molar refractivity (Wildman–Crippen MR) is 110 cm³/mol. The predicted octanol–water partition coefficient (Wildman–Crippen LogP) is 2.71. The molecule has 0 radical (unpaired) electrons. The van der Waals surface area contributed by atoms with Gasteiger partial charge in [-0.2, -0.15) is 0 Å². The van der Waals surface area contributed by atoms with Gasteiger partial charge in [0.2, 0.25) is 12.7 Å². The molecule has 2 aliphatic heterocycles. The number of carbonyl (C=O) groups is 1. The molecule has 2 aromatic rings. The highest BCUT2D eigenvalue weighted by molar-refractivity contribution is 5.89. The Hall–Kier alpha value is -2.77. The Bertz CT molecular complexity index is 893. The summed E-state index contributed by atoms with van der Waals surface area (Å²) in [6, 6.07) is 13.0. The largest absolute Gasteiger partial charge is 0.496 e. The molecule has 1 saturated heterocycles. The van der Waals surface area contributed by atoms with Crippen LogP contribution in [0.4, 0.5) is 0 Å². The van der Waals surface area contributed by atoms with Crippen LogP contribution in [0.3, 0.4) is 0 Å². The molecular weight excluding hydrogens is 386 g/mol. The summed E-state index contributed by atoms with van der Waals surface area (Å²) in [4.78, 5) is 13.3. The second-order valence-corrected chi connectivity index (χ2v) is 7.57. The SMILES string of the molecule is COc1ccccc1C1(C(=O)NCC[C@H](O)c2ccc3c(c2)OCO3)CCOCC1. The molecule has 0 bridgehead atoms. The number of rotatable bonds is 7. The van der Waals surface area contributed by atoms with Crippen molar-refractivity contribution in [2.24, 2.45) is 0 Å². The van der Waals surface area contributed by atoms with Crippen LogP contribution in [0, 0.1) is 0 Å². The Balaban J connectivity index is 1.43. The van der Waals surface area contributed by atoms with E-state index in [4.69, 9.17) is 18.9 Å². The average molecular weight is 413 g/mol. The first kappa shape index (κ1) is 20.5. The van der Waals surface area contributed by atoms with Crippen LogP contribution in [0.1, 0.15) is 36.5 Å². The van der Waals surface area contributed by atoms with Crippen molar-refractivity contribution in [3.63, 3.8) is 0 Å². The Morgan fingerprint density at radius 3 is 2.73 bits per heavy atom. The van der Waals surface area contributed by atoms with Crippen LogP contribution in [0.5, 0.6) is 17.2 Å². The maximum Gasteiger partial charge on any atom is 0.231 e. The average Bonchev–Trinajstić information content (AvgIpc) is 3.27. The quantitative estimate of drug-likeness (QED) is 0.726. The molecule has 4 rings (SSSR count). The smallest absolute Gasteiger partial charge is 0.231 e. The van der Waals surface area contributed by atoms with Crippen LogP contribution < -0.4 is 19.5 Å². The van der Waals surface area contributed by atoms with E-state index in [1.54, 1.807) is 19.2 Å². The fourth-order valence-electron chi connectivity index (χ4n) is 4.16. The van der Waals surface area contributed by atoms with Crippen molar-refractivity contribution >= 4 is 5.91 Å². The molecule has 0 spiro atoms. The van der Waals surface area contributed by atoms with Gasteiger partial charge in [-0.15, -0.1) is 0 Å². The number of carbonyl (C=O) groups excluding carboxylic acids is 1. The number of para-hydroxylation sites is 1. The summed E-state index contributed by atoms with van der Waals surface area (Å²) in [5, 5.41) is 13.6. The first-order chi connectivity index (χ1) is 14.6. The fourth-order valence-corrected chi connectivity index (χ4v) is 4.16. The third-order valence-corrected chi connectivity index (χ3v) is 5.89. The van der Waals surface area contributed by atoms with Gasteiger partial charge >= 0.3 is 0 Å². The van der Waals surface area contributed by atoms with Gasteiger partial charge in [-0.25, -0.2) is 0 Å². The number of aliphatic hydroxyl groups is 1. The molecule has 7 heteroatoms. The maximum absolute atomic E-state index is 13.3. The molecule has 1 amide bonds. The van der Waals surface area contributed by atoms with Crippen molar-refractivity contribution in [2.45, 2.75) is 30.8 Å². The number of benzene rings is 2. The molecule has 30 heavy (non-hydrogen) atoms. The van der Waals surface area contributed by atoms with E-state index in [2.05, 4.69) is 5.32 Å². The van der Waals surface area contributed by atoms with E-state index in [0.29, 0.717) is 56.3 Å². The first-order valence-electron chi connectivity index (χ1n) is 10.2. The number of hydrogen-bond donors (Lipinski definition) is 2. The molecule has 0 aliphatic carbocycles. The molecule has 2 aromatic carbocycles. The monoisotopic (exact) mass is 413 g/mol. The number of fused-ring (bicyclic) bond motifs is 1. The van der Waals surface area contributed by atoms with E-state index in [1.165, 1.54) is 0 Å². The number of ether oxygens (including phenoxy) is 4. The molecule has 0 aromatic heterocycles. The highest BCUT2D eigenvalue weighted by atomic mass is 16.7. The topological polar surface area (TPSA) is 86.3 Å². The lowest BCUT2D eigenvalue weighted by molar-refractivity contribution is -0.130. The normalized spacial score (nSPS) is 17.9. The van der Waals surface area contributed by atoms with Crippen molar-refractivity contribution in [2.75, 3.05) is 33.7 Å². The van der Waals surface area contributed by atoms with Crippen molar-refractivity contribution < 1.29 is 28.8 Å². The van der Waals surface area contributed by atoms with E-state index in [-0.39, 0.29) is 12.7 Å². The lowest BCUT2D eigenvalue weighted by atomic mass is 9.73. The summed E-state index contributed by atoms with van der Waals surface area (Å²) in [5.74, 6) is 1.95. The molecule has 1 fully saturated rings. The van der Waals surface area contributed by atoms with Crippen LogP contribution in [-0.2, 0) is 14.9 Å². The molecule has 7 nitrogen and oxygen atoms in total. The van der Waals surface area contributed by atoms with E-state index in [9.17, 15) is 9.90 Å². The standard InChI is InChI=1S/C23H27NO6/c1-27-19-5-3-2-4-17(19)23(9-12-28-13-10-23)22(26)24-11-8-18(25)16-6-7-20-21(14-16)30-15-29-20/h2-7,14,18,25H,8-13,15H2,1H3,(H,24,26)/t18-/m0/s1. The number of aliphatic hydroxyl groups excluding tert-OH is 1. The minimum absolute atomic E-state index is 0.0619. The van der Waals surface area contributed by atoms with Gasteiger partial charge in [0, 0.05) is 25.3 Å².